The number of rotatable bonds is 1. The van der Waals surface area contributed by atoms with Gasteiger partial charge in [-0.2, -0.15) is 0 Å². The van der Waals surface area contributed by atoms with Gasteiger partial charge in [0.05, 0.1) is 0 Å². The van der Waals surface area contributed by atoms with E-state index >= 15 is 0 Å². The number of hydrogen-bond acceptors (Lipinski definition) is 0. The van der Waals surface area contributed by atoms with E-state index in [1.807, 2.05) is 12.1 Å². The van der Waals surface area contributed by atoms with Crippen molar-refractivity contribution in [3.63, 3.8) is 0 Å². The van der Waals surface area contributed by atoms with E-state index in [-0.39, 0.29) is 5.41 Å². The van der Waals surface area contributed by atoms with Crippen LogP contribution in [0.4, 0.5) is 0 Å². The highest BCUT2D eigenvalue weighted by atomic mass is 35.5. The third-order valence-corrected chi connectivity index (χ3v) is 4.53. The molecule has 2 unspecified atom stereocenters. The van der Waals surface area contributed by atoms with Gasteiger partial charge in [-0.3, -0.25) is 0 Å². The molecule has 0 saturated heterocycles. The maximum absolute atomic E-state index is 5.99. The van der Waals surface area contributed by atoms with Crippen LogP contribution in [0.25, 0.3) is 0 Å². The van der Waals surface area contributed by atoms with E-state index in [1.165, 1.54) is 23.1 Å². The number of fused-ring (bicyclic) bond motifs is 1. The summed E-state index contributed by atoms with van der Waals surface area (Å²) >= 11 is 5.99. The molecule has 18 heavy (non-hydrogen) atoms. The van der Waals surface area contributed by atoms with Gasteiger partial charge >= 0.3 is 0 Å². The van der Waals surface area contributed by atoms with E-state index in [2.05, 4.69) is 50.2 Å². The molecule has 3 rings (SSSR count). The van der Waals surface area contributed by atoms with Crippen LogP contribution < -0.4 is 0 Å². The van der Waals surface area contributed by atoms with Gasteiger partial charge in [-0.15, -0.1) is 0 Å². The van der Waals surface area contributed by atoms with Crippen LogP contribution in [0.5, 0.6) is 0 Å². The van der Waals surface area contributed by atoms with Crippen LogP contribution in [-0.4, -0.2) is 0 Å². The summed E-state index contributed by atoms with van der Waals surface area (Å²) < 4.78 is 0. The van der Waals surface area contributed by atoms with Gasteiger partial charge in [0, 0.05) is 10.4 Å². The summed E-state index contributed by atoms with van der Waals surface area (Å²) in [6.45, 7) is 4.67. The lowest BCUT2D eigenvalue weighted by Crippen LogP contribution is -2.19. The second-order valence-electron chi connectivity index (χ2n) is 5.53. The van der Waals surface area contributed by atoms with Gasteiger partial charge in [0.25, 0.3) is 0 Å². The third kappa shape index (κ3) is 1.67. The van der Waals surface area contributed by atoms with Crippen molar-refractivity contribution in [2.45, 2.75) is 31.6 Å². The van der Waals surface area contributed by atoms with Gasteiger partial charge in [0.2, 0.25) is 0 Å². The molecule has 1 aliphatic carbocycles. The maximum Gasteiger partial charge on any atom is 0.0406 e. The highest BCUT2D eigenvalue weighted by Gasteiger charge is 2.39. The molecule has 0 aliphatic heterocycles. The highest BCUT2D eigenvalue weighted by molar-refractivity contribution is 6.30. The zero-order chi connectivity index (χ0) is 12.8. The molecule has 1 aliphatic rings. The minimum atomic E-state index is 0.126. The quantitative estimate of drug-likeness (QED) is 0.662. The molecule has 1 heteroatoms. The first-order chi connectivity index (χ1) is 8.61. The Kier molecular flexibility index (Phi) is 2.71. The third-order valence-electron chi connectivity index (χ3n) is 4.28. The molecule has 0 radical (unpaired) electrons. The summed E-state index contributed by atoms with van der Waals surface area (Å²) in [6, 6.07) is 17.1. The van der Waals surface area contributed by atoms with E-state index in [9.17, 15) is 0 Å². The number of benzene rings is 2. The van der Waals surface area contributed by atoms with Crippen LogP contribution in [0.15, 0.2) is 48.5 Å². The molecule has 2 aromatic rings. The molecule has 2 aromatic carbocycles. The van der Waals surface area contributed by atoms with E-state index in [4.69, 9.17) is 11.6 Å². The zero-order valence-corrected chi connectivity index (χ0v) is 11.5. The molecule has 0 bridgehead atoms. The second-order valence-corrected chi connectivity index (χ2v) is 5.97. The largest absolute Gasteiger partial charge is 0.0843 e. The van der Waals surface area contributed by atoms with E-state index < -0.39 is 0 Å². The number of hydrogen-bond donors (Lipinski definition) is 0. The predicted octanol–water partition coefficient (Wildman–Crippen LogP) is 5.15. The first kappa shape index (κ1) is 11.8. The summed E-state index contributed by atoms with van der Waals surface area (Å²) in [5, 5.41) is 0.807. The average Bonchev–Trinajstić information content (AvgIpc) is 2.64. The fourth-order valence-electron chi connectivity index (χ4n) is 3.35. The SMILES string of the molecule is CC1CC(C)(c2ccc(Cl)cc2)c2ccccc21. The van der Waals surface area contributed by atoms with E-state index in [0.29, 0.717) is 5.92 Å². The summed E-state index contributed by atoms with van der Waals surface area (Å²) in [6.07, 6.45) is 1.17. The van der Waals surface area contributed by atoms with Crippen molar-refractivity contribution in [1.29, 1.82) is 0 Å². The van der Waals surface area contributed by atoms with Gasteiger partial charge in [-0.25, -0.2) is 0 Å². The summed E-state index contributed by atoms with van der Waals surface area (Å²) in [7, 11) is 0. The van der Waals surface area contributed by atoms with Crippen LogP contribution in [0.2, 0.25) is 5.02 Å². The Labute approximate surface area is 114 Å². The Bertz CT molecular complexity index is 570. The monoisotopic (exact) mass is 256 g/mol. The normalized spacial score (nSPS) is 26.1. The first-order valence-electron chi connectivity index (χ1n) is 6.47. The molecule has 0 amide bonds. The van der Waals surface area contributed by atoms with Crippen molar-refractivity contribution in [1.82, 2.24) is 0 Å². The van der Waals surface area contributed by atoms with E-state index in [1.54, 1.807) is 0 Å². The van der Waals surface area contributed by atoms with Crippen molar-refractivity contribution < 1.29 is 0 Å². The van der Waals surface area contributed by atoms with Crippen LogP contribution in [0.1, 0.15) is 42.9 Å². The number of halogens is 1. The van der Waals surface area contributed by atoms with Gasteiger partial charge in [0.1, 0.15) is 0 Å². The van der Waals surface area contributed by atoms with Gasteiger partial charge in [0.15, 0.2) is 0 Å². The predicted molar refractivity (Wildman–Crippen MR) is 77.4 cm³/mol. The van der Waals surface area contributed by atoms with Crippen LogP contribution in [0, 0.1) is 0 Å². The van der Waals surface area contributed by atoms with Crippen molar-refractivity contribution >= 4 is 11.6 Å². The van der Waals surface area contributed by atoms with Crippen molar-refractivity contribution in [2.24, 2.45) is 0 Å². The standard InChI is InChI=1S/C17H17Cl/c1-12-11-17(2,13-7-9-14(18)10-8-13)16-6-4-3-5-15(12)16/h3-10,12H,11H2,1-2H3. The smallest absolute Gasteiger partial charge is 0.0406 e. The van der Waals surface area contributed by atoms with Gasteiger partial charge in [-0.05, 0) is 41.2 Å². The molecule has 0 fully saturated rings. The molecule has 0 saturated carbocycles. The fraction of sp³-hybridized carbons (Fsp3) is 0.294. The maximum atomic E-state index is 5.99. The fourth-order valence-corrected chi connectivity index (χ4v) is 3.48. The molecule has 0 nitrogen and oxygen atoms in total. The van der Waals surface area contributed by atoms with Gasteiger partial charge in [-0.1, -0.05) is 61.8 Å². The van der Waals surface area contributed by atoms with E-state index in [0.717, 1.165) is 5.02 Å². The summed E-state index contributed by atoms with van der Waals surface area (Å²) in [4.78, 5) is 0. The Balaban J connectivity index is 2.14. The lowest BCUT2D eigenvalue weighted by molar-refractivity contribution is 0.526. The Morgan fingerprint density at radius 2 is 1.72 bits per heavy atom. The van der Waals surface area contributed by atoms with Gasteiger partial charge < -0.3 is 0 Å². The summed E-state index contributed by atoms with van der Waals surface area (Å²) in [5.41, 5.74) is 4.46. The molecule has 92 valence electrons. The first-order valence-corrected chi connectivity index (χ1v) is 6.84. The van der Waals surface area contributed by atoms with Crippen LogP contribution in [-0.2, 0) is 5.41 Å². The Hall–Kier alpha value is -1.27. The highest BCUT2D eigenvalue weighted by Crippen LogP contribution is 2.49. The van der Waals surface area contributed by atoms with Crippen molar-refractivity contribution in [3.8, 4) is 0 Å². The molecule has 0 N–H and O–H groups in total. The van der Waals surface area contributed by atoms with Crippen LogP contribution >= 0.6 is 11.6 Å². The zero-order valence-electron chi connectivity index (χ0n) is 10.8. The average molecular weight is 257 g/mol. The molecule has 0 aromatic heterocycles. The molecule has 2 atom stereocenters. The minimum Gasteiger partial charge on any atom is -0.0843 e. The molecule has 0 heterocycles. The molecule has 0 spiro atoms. The lowest BCUT2D eigenvalue weighted by atomic mass is 9.77. The molecular weight excluding hydrogens is 240 g/mol. The molecular formula is C17H17Cl. The Morgan fingerprint density at radius 3 is 2.44 bits per heavy atom. The minimum absolute atomic E-state index is 0.126. The second kappa shape index (κ2) is 4.13. The van der Waals surface area contributed by atoms with Crippen LogP contribution in [0.3, 0.4) is 0 Å². The van der Waals surface area contributed by atoms with Crippen molar-refractivity contribution in [2.75, 3.05) is 0 Å². The summed E-state index contributed by atoms with van der Waals surface area (Å²) in [5.74, 6) is 0.627. The lowest BCUT2D eigenvalue weighted by Gasteiger charge is -2.26. The van der Waals surface area contributed by atoms with Crippen molar-refractivity contribution in [3.05, 3.63) is 70.2 Å². The Morgan fingerprint density at radius 1 is 1.06 bits per heavy atom. The topological polar surface area (TPSA) is 0 Å².